The summed E-state index contributed by atoms with van der Waals surface area (Å²) in [6, 6.07) is 14.2. The fraction of sp³-hybridized carbons (Fsp3) is 0.238. The van der Waals surface area contributed by atoms with Gasteiger partial charge in [0.15, 0.2) is 5.13 Å². The summed E-state index contributed by atoms with van der Waals surface area (Å²) in [6.07, 6.45) is 0. The van der Waals surface area contributed by atoms with Crippen LogP contribution in [-0.4, -0.2) is 47.1 Å². The number of nitrogens with one attached hydrogen (secondary N) is 2. The number of anilines is 1. The second-order valence-corrected chi connectivity index (χ2v) is 7.78. The van der Waals surface area contributed by atoms with Crippen molar-refractivity contribution in [1.29, 1.82) is 0 Å². The van der Waals surface area contributed by atoms with E-state index in [9.17, 15) is 4.79 Å². The van der Waals surface area contributed by atoms with Crippen LogP contribution in [0.15, 0.2) is 47.8 Å². The van der Waals surface area contributed by atoms with Crippen LogP contribution in [0.1, 0.15) is 16.2 Å². The first-order valence-electron chi connectivity index (χ1n) is 9.32. The summed E-state index contributed by atoms with van der Waals surface area (Å²) in [4.78, 5) is 22.8. The standard InChI is InChI=1S/C21H20N4O2S/c26-20(24-21-22-15(13-28-21)12-25-7-9-27-10-8-25)19-11-17-16-4-2-1-3-14(16)5-6-18(17)23-19/h1-6,11,13,23H,7-10,12H2,(H,22,24,26). The van der Waals surface area contributed by atoms with E-state index in [-0.39, 0.29) is 5.91 Å². The number of carbonyl (C=O) groups is 1. The first kappa shape index (κ1) is 17.4. The molecule has 0 spiro atoms. The van der Waals surface area contributed by atoms with Crippen molar-refractivity contribution in [2.45, 2.75) is 6.54 Å². The number of aromatic nitrogens is 2. The monoisotopic (exact) mass is 392 g/mol. The van der Waals surface area contributed by atoms with Crippen LogP contribution < -0.4 is 5.32 Å². The normalized spacial score (nSPS) is 15.3. The molecule has 2 N–H and O–H groups in total. The van der Waals surface area contributed by atoms with Crippen molar-refractivity contribution < 1.29 is 9.53 Å². The zero-order valence-corrected chi connectivity index (χ0v) is 16.1. The van der Waals surface area contributed by atoms with Crippen LogP contribution in [0.4, 0.5) is 5.13 Å². The number of aromatic amines is 1. The molecule has 0 aliphatic carbocycles. The molecule has 5 rings (SSSR count). The maximum Gasteiger partial charge on any atom is 0.273 e. The number of fused-ring (bicyclic) bond motifs is 3. The highest BCUT2D eigenvalue weighted by Crippen LogP contribution is 2.26. The predicted molar refractivity (Wildman–Crippen MR) is 112 cm³/mol. The molecular weight excluding hydrogens is 372 g/mol. The number of carbonyl (C=O) groups excluding carboxylic acids is 1. The number of H-pyrrole nitrogens is 1. The predicted octanol–water partition coefficient (Wildman–Crippen LogP) is 3.86. The zero-order chi connectivity index (χ0) is 18.9. The van der Waals surface area contributed by atoms with E-state index in [0.717, 1.165) is 60.2 Å². The molecule has 0 atom stereocenters. The van der Waals surface area contributed by atoms with Crippen molar-refractivity contribution in [3.63, 3.8) is 0 Å². The van der Waals surface area contributed by atoms with E-state index >= 15 is 0 Å². The smallest absolute Gasteiger partial charge is 0.273 e. The Hall–Kier alpha value is -2.74. The summed E-state index contributed by atoms with van der Waals surface area (Å²) in [5.74, 6) is -0.174. The maximum atomic E-state index is 12.7. The molecule has 0 saturated carbocycles. The Bertz CT molecular complexity index is 1140. The first-order chi connectivity index (χ1) is 13.8. The Labute approximate surface area is 166 Å². The number of morpholine rings is 1. The second kappa shape index (κ2) is 7.35. The van der Waals surface area contributed by atoms with E-state index in [2.05, 4.69) is 38.4 Å². The van der Waals surface area contributed by atoms with Crippen molar-refractivity contribution in [2.75, 3.05) is 31.6 Å². The summed E-state index contributed by atoms with van der Waals surface area (Å²) >= 11 is 1.46. The molecule has 1 fully saturated rings. The molecule has 1 saturated heterocycles. The molecule has 0 radical (unpaired) electrons. The summed E-state index contributed by atoms with van der Waals surface area (Å²) in [5.41, 5.74) is 2.47. The second-order valence-electron chi connectivity index (χ2n) is 6.92. The summed E-state index contributed by atoms with van der Waals surface area (Å²) < 4.78 is 5.38. The van der Waals surface area contributed by atoms with Gasteiger partial charge in [-0.05, 0) is 22.9 Å². The van der Waals surface area contributed by atoms with E-state index in [1.807, 2.05) is 29.6 Å². The lowest BCUT2D eigenvalue weighted by molar-refractivity contribution is 0.0337. The molecule has 1 amide bonds. The van der Waals surface area contributed by atoms with Crippen LogP contribution in [0.25, 0.3) is 21.7 Å². The summed E-state index contributed by atoms with van der Waals surface area (Å²) in [5, 5.41) is 8.89. The first-order valence-corrected chi connectivity index (χ1v) is 10.2. The van der Waals surface area contributed by atoms with Crippen LogP contribution in [0.2, 0.25) is 0 Å². The fourth-order valence-electron chi connectivity index (χ4n) is 3.60. The molecule has 28 heavy (non-hydrogen) atoms. The minimum absolute atomic E-state index is 0.174. The van der Waals surface area contributed by atoms with E-state index < -0.39 is 0 Å². The number of ether oxygens (including phenoxy) is 1. The number of thiazole rings is 1. The van der Waals surface area contributed by atoms with Gasteiger partial charge in [0.1, 0.15) is 5.69 Å². The van der Waals surface area contributed by atoms with Crippen molar-refractivity contribution in [1.82, 2.24) is 14.9 Å². The van der Waals surface area contributed by atoms with E-state index in [1.165, 1.54) is 11.3 Å². The van der Waals surface area contributed by atoms with Crippen molar-refractivity contribution in [2.24, 2.45) is 0 Å². The third-order valence-corrected chi connectivity index (χ3v) is 5.84. The molecule has 3 heterocycles. The van der Waals surface area contributed by atoms with Crippen molar-refractivity contribution in [3.05, 3.63) is 59.2 Å². The van der Waals surface area contributed by atoms with Gasteiger partial charge in [-0.3, -0.25) is 15.0 Å². The number of benzene rings is 2. The quantitative estimate of drug-likeness (QED) is 0.553. The van der Waals surface area contributed by atoms with Crippen LogP contribution >= 0.6 is 11.3 Å². The molecule has 0 unspecified atom stereocenters. The fourth-order valence-corrected chi connectivity index (χ4v) is 4.29. The third kappa shape index (κ3) is 3.40. The lowest BCUT2D eigenvalue weighted by Crippen LogP contribution is -2.35. The molecule has 1 aliphatic rings. The van der Waals surface area contributed by atoms with Gasteiger partial charge in [0.2, 0.25) is 0 Å². The van der Waals surface area contributed by atoms with Crippen LogP contribution in [0, 0.1) is 0 Å². The lowest BCUT2D eigenvalue weighted by Gasteiger charge is -2.25. The van der Waals surface area contributed by atoms with Gasteiger partial charge in [-0.15, -0.1) is 11.3 Å². The largest absolute Gasteiger partial charge is 0.379 e. The molecule has 6 nitrogen and oxygen atoms in total. The average Bonchev–Trinajstić information content (AvgIpc) is 3.36. The van der Waals surface area contributed by atoms with Gasteiger partial charge in [-0.2, -0.15) is 0 Å². The minimum atomic E-state index is -0.174. The molecule has 7 heteroatoms. The Morgan fingerprint density at radius 1 is 1.18 bits per heavy atom. The third-order valence-electron chi connectivity index (χ3n) is 5.03. The Morgan fingerprint density at radius 3 is 2.93 bits per heavy atom. The zero-order valence-electron chi connectivity index (χ0n) is 15.3. The molecule has 0 bridgehead atoms. The number of nitrogens with zero attached hydrogens (tertiary/aromatic N) is 2. The molecular formula is C21H20N4O2S. The minimum Gasteiger partial charge on any atom is -0.379 e. The molecule has 142 valence electrons. The number of amides is 1. The molecule has 2 aromatic carbocycles. The van der Waals surface area contributed by atoms with Gasteiger partial charge in [0.25, 0.3) is 5.91 Å². The van der Waals surface area contributed by atoms with Gasteiger partial charge >= 0.3 is 0 Å². The number of hydrogen-bond acceptors (Lipinski definition) is 5. The van der Waals surface area contributed by atoms with E-state index in [4.69, 9.17) is 4.74 Å². The Kier molecular flexibility index (Phi) is 4.56. The van der Waals surface area contributed by atoms with Crippen molar-refractivity contribution in [3.8, 4) is 0 Å². The van der Waals surface area contributed by atoms with Crippen LogP contribution in [-0.2, 0) is 11.3 Å². The van der Waals surface area contributed by atoms with Gasteiger partial charge in [0, 0.05) is 35.9 Å². The maximum absolute atomic E-state index is 12.7. The van der Waals surface area contributed by atoms with Crippen LogP contribution in [0.3, 0.4) is 0 Å². The van der Waals surface area contributed by atoms with Crippen molar-refractivity contribution >= 4 is 44.1 Å². The molecule has 4 aromatic rings. The van der Waals surface area contributed by atoms with Crippen LogP contribution in [0.5, 0.6) is 0 Å². The number of rotatable bonds is 4. The van der Waals surface area contributed by atoms with Gasteiger partial charge in [0.05, 0.1) is 18.9 Å². The number of hydrogen-bond donors (Lipinski definition) is 2. The molecule has 2 aromatic heterocycles. The highest BCUT2D eigenvalue weighted by atomic mass is 32.1. The molecule has 1 aliphatic heterocycles. The van der Waals surface area contributed by atoms with Gasteiger partial charge < -0.3 is 9.72 Å². The lowest BCUT2D eigenvalue weighted by atomic mass is 10.1. The highest BCUT2D eigenvalue weighted by Gasteiger charge is 2.15. The van der Waals surface area contributed by atoms with Gasteiger partial charge in [-0.25, -0.2) is 4.98 Å². The highest BCUT2D eigenvalue weighted by molar-refractivity contribution is 7.14. The van der Waals surface area contributed by atoms with Gasteiger partial charge in [-0.1, -0.05) is 30.3 Å². The summed E-state index contributed by atoms with van der Waals surface area (Å²) in [6.45, 7) is 4.16. The average molecular weight is 392 g/mol. The SMILES string of the molecule is O=C(Nc1nc(CN2CCOCC2)cs1)c1cc2c(ccc3ccccc32)[nH]1. The Balaban J connectivity index is 1.33. The van der Waals surface area contributed by atoms with E-state index in [1.54, 1.807) is 0 Å². The summed E-state index contributed by atoms with van der Waals surface area (Å²) in [7, 11) is 0. The topological polar surface area (TPSA) is 70.2 Å². The Morgan fingerprint density at radius 2 is 2.04 bits per heavy atom. The van der Waals surface area contributed by atoms with E-state index in [0.29, 0.717) is 10.8 Å².